The summed E-state index contributed by atoms with van der Waals surface area (Å²) in [5.74, 6) is 0. The summed E-state index contributed by atoms with van der Waals surface area (Å²) in [6.45, 7) is 11.4. The minimum Gasteiger partial charge on any atom is -0.308 e. The normalized spacial score (nSPS) is 11.4. The topological polar surface area (TPSA) is 46.9 Å². The van der Waals surface area contributed by atoms with Crippen LogP contribution in [0.4, 0.5) is 0 Å². The summed E-state index contributed by atoms with van der Waals surface area (Å²) < 4.78 is 1.55. The SMILES string of the molecule is C=C(CNC(C)(C)C)Cn1cnccc1=O. The summed E-state index contributed by atoms with van der Waals surface area (Å²) in [7, 11) is 0. The van der Waals surface area contributed by atoms with Crippen molar-refractivity contribution in [3.05, 3.63) is 41.1 Å². The highest BCUT2D eigenvalue weighted by Crippen LogP contribution is 2.00. The fourth-order valence-electron chi connectivity index (χ4n) is 1.18. The van der Waals surface area contributed by atoms with Gasteiger partial charge in [-0.1, -0.05) is 6.58 Å². The molecule has 0 fully saturated rings. The highest BCUT2D eigenvalue weighted by molar-refractivity contribution is 4.99. The molecule has 1 N–H and O–H groups in total. The molecule has 1 aromatic rings. The lowest BCUT2D eigenvalue weighted by Gasteiger charge is -2.21. The van der Waals surface area contributed by atoms with E-state index in [1.54, 1.807) is 4.57 Å². The first-order valence-electron chi connectivity index (χ1n) is 5.30. The van der Waals surface area contributed by atoms with Gasteiger partial charge in [-0.2, -0.15) is 0 Å². The summed E-state index contributed by atoms with van der Waals surface area (Å²) in [6, 6.07) is 1.45. The van der Waals surface area contributed by atoms with E-state index in [1.165, 1.54) is 18.6 Å². The molecule has 16 heavy (non-hydrogen) atoms. The fourth-order valence-corrected chi connectivity index (χ4v) is 1.18. The van der Waals surface area contributed by atoms with Gasteiger partial charge in [0.15, 0.2) is 0 Å². The van der Waals surface area contributed by atoms with Crippen molar-refractivity contribution in [2.75, 3.05) is 6.54 Å². The van der Waals surface area contributed by atoms with Gasteiger partial charge in [-0.3, -0.25) is 9.36 Å². The van der Waals surface area contributed by atoms with Crippen LogP contribution < -0.4 is 10.9 Å². The first-order chi connectivity index (χ1) is 7.38. The van der Waals surface area contributed by atoms with Crippen molar-refractivity contribution < 1.29 is 0 Å². The fraction of sp³-hybridized carbons (Fsp3) is 0.500. The maximum Gasteiger partial charge on any atom is 0.253 e. The highest BCUT2D eigenvalue weighted by atomic mass is 16.1. The quantitative estimate of drug-likeness (QED) is 0.777. The van der Waals surface area contributed by atoms with E-state index < -0.39 is 0 Å². The average molecular weight is 221 g/mol. The highest BCUT2D eigenvalue weighted by Gasteiger charge is 2.08. The van der Waals surface area contributed by atoms with Crippen LogP contribution in [0.5, 0.6) is 0 Å². The van der Waals surface area contributed by atoms with Crippen molar-refractivity contribution in [1.82, 2.24) is 14.9 Å². The van der Waals surface area contributed by atoms with Gasteiger partial charge in [0.2, 0.25) is 0 Å². The second-order valence-electron chi connectivity index (χ2n) is 4.90. The molecule has 0 bridgehead atoms. The van der Waals surface area contributed by atoms with Crippen LogP contribution in [0.25, 0.3) is 0 Å². The van der Waals surface area contributed by atoms with Gasteiger partial charge in [-0.05, 0) is 26.3 Å². The van der Waals surface area contributed by atoms with E-state index in [9.17, 15) is 4.79 Å². The molecular formula is C12H19N3O. The molecule has 0 aromatic carbocycles. The van der Waals surface area contributed by atoms with E-state index in [0.29, 0.717) is 13.1 Å². The van der Waals surface area contributed by atoms with Crippen molar-refractivity contribution in [3.63, 3.8) is 0 Å². The molecular weight excluding hydrogens is 202 g/mol. The Balaban J connectivity index is 2.53. The monoisotopic (exact) mass is 221 g/mol. The lowest BCUT2D eigenvalue weighted by molar-refractivity contribution is 0.439. The summed E-state index contributed by atoms with van der Waals surface area (Å²) in [6.07, 6.45) is 3.03. The zero-order chi connectivity index (χ0) is 12.2. The first-order valence-corrected chi connectivity index (χ1v) is 5.30. The second-order valence-corrected chi connectivity index (χ2v) is 4.90. The summed E-state index contributed by atoms with van der Waals surface area (Å²) >= 11 is 0. The molecule has 0 aliphatic heterocycles. The molecule has 0 aliphatic carbocycles. The van der Waals surface area contributed by atoms with Gasteiger partial charge in [0.1, 0.15) is 0 Å². The van der Waals surface area contributed by atoms with Gasteiger partial charge in [0.05, 0.1) is 6.33 Å². The lowest BCUT2D eigenvalue weighted by atomic mass is 10.1. The molecule has 0 saturated carbocycles. The standard InChI is InChI=1S/C12H19N3O/c1-10(7-14-12(2,3)4)8-15-9-13-6-5-11(15)16/h5-6,9,14H,1,7-8H2,2-4H3. The van der Waals surface area contributed by atoms with Crippen molar-refractivity contribution in [2.24, 2.45) is 0 Å². The molecule has 0 saturated heterocycles. The van der Waals surface area contributed by atoms with Crippen LogP contribution in [0, 0.1) is 0 Å². The summed E-state index contributed by atoms with van der Waals surface area (Å²) in [5.41, 5.74) is 0.972. The third-order valence-corrected chi connectivity index (χ3v) is 2.05. The van der Waals surface area contributed by atoms with Crippen LogP contribution in [0.15, 0.2) is 35.5 Å². The number of hydrogen-bond acceptors (Lipinski definition) is 3. The minimum atomic E-state index is -0.0492. The predicted octanol–water partition coefficient (Wildman–Crippen LogP) is 1.19. The Morgan fingerprint density at radius 2 is 2.25 bits per heavy atom. The van der Waals surface area contributed by atoms with Gasteiger partial charge < -0.3 is 5.32 Å². The Kier molecular flexibility index (Phi) is 4.01. The maximum absolute atomic E-state index is 11.4. The Bertz CT molecular complexity index is 415. The Morgan fingerprint density at radius 1 is 1.56 bits per heavy atom. The number of nitrogens with zero attached hydrogens (tertiary/aromatic N) is 2. The van der Waals surface area contributed by atoms with Gasteiger partial charge >= 0.3 is 0 Å². The van der Waals surface area contributed by atoms with E-state index in [2.05, 4.69) is 37.7 Å². The smallest absolute Gasteiger partial charge is 0.253 e. The molecule has 0 aliphatic rings. The van der Waals surface area contributed by atoms with Crippen LogP contribution in [0.3, 0.4) is 0 Å². The second kappa shape index (κ2) is 5.07. The van der Waals surface area contributed by atoms with Crippen LogP contribution >= 0.6 is 0 Å². The molecule has 1 rings (SSSR count). The van der Waals surface area contributed by atoms with Crippen LogP contribution in [-0.4, -0.2) is 21.6 Å². The van der Waals surface area contributed by atoms with E-state index in [1.807, 2.05) is 0 Å². The molecule has 4 nitrogen and oxygen atoms in total. The molecule has 0 radical (unpaired) electrons. The van der Waals surface area contributed by atoms with Gasteiger partial charge in [0, 0.05) is 30.9 Å². The Labute approximate surface area is 96.0 Å². The zero-order valence-corrected chi connectivity index (χ0v) is 10.2. The Hall–Kier alpha value is -1.42. The molecule has 4 heteroatoms. The molecule has 88 valence electrons. The molecule has 1 aromatic heterocycles. The number of rotatable bonds is 4. The van der Waals surface area contributed by atoms with Crippen LogP contribution in [0.1, 0.15) is 20.8 Å². The molecule has 1 heterocycles. The van der Waals surface area contributed by atoms with Gasteiger partial charge in [-0.25, -0.2) is 4.98 Å². The third kappa shape index (κ3) is 4.40. The van der Waals surface area contributed by atoms with Crippen molar-refractivity contribution >= 4 is 0 Å². The maximum atomic E-state index is 11.4. The predicted molar refractivity (Wildman–Crippen MR) is 65.4 cm³/mol. The molecule has 0 atom stereocenters. The lowest BCUT2D eigenvalue weighted by Crippen LogP contribution is -2.37. The van der Waals surface area contributed by atoms with Crippen LogP contribution in [-0.2, 0) is 6.54 Å². The Morgan fingerprint density at radius 3 is 2.81 bits per heavy atom. The number of nitrogens with one attached hydrogen (secondary N) is 1. The van der Waals surface area contributed by atoms with Crippen molar-refractivity contribution in [2.45, 2.75) is 32.9 Å². The van der Waals surface area contributed by atoms with Crippen molar-refractivity contribution in [3.8, 4) is 0 Å². The first kappa shape index (κ1) is 12.6. The van der Waals surface area contributed by atoms with E-state index in [0.717, 1.165) is 5.57 Å². The van der Waals surface area contributed by atoms with Gasteiger partial charge in [0.25, 0.3) is 5.56 Å². The number of hydrogen-bond donors (Lipinski definition) is 1. The third-order valence-electron chi connectivity index (χ3n) is 2.05. The largest absolute Gasteiger partial charge is 0.308 e. The van der Waals surface area contributed by atoms with E-state index in [-0.39, 0.29) is 11.1 Å². The molecule has 0 spiro atoms. The van der Waals surface area contributed by atoms with Crippen LogP contribution in [0.2, 0.25) is 0 Å². The molecule has 0 unspecified atom stereocenters. The average Bonchev–Trinajstić information content (AvgIpc) is 2.18. The summed E-state index contributed by atoms with van der Waals surface area (Å²) in [4.78, 5) is 15.3. The van der Waals surface area contributed by atoms with E-state index in [4.69, 9.17) is 0 Å². The summed E-state index contributed by atoms with van der Waals surface area (Å²) in [5, 5.41) is 3.33. The minimum absolute atomic E-state index is 0.0492. The van der Waals surface area contributed by atoms with Gasteiger partial charge in [-0.15, -0.1) is 0 Å². The van der Waals surface area contributed by atoms with Crippen molar-refractivity contribution in [1.29, 1.82) is 0 Å². The van der Waals surface area contributed by atoms with E-state index >= 15 is 0 Å². The zero-order valence-electron chi connectivity index (χ0n) is 10.2. The number of aromatic nitrogens is 2. The molecule has 0 amide bonds.